The number of hydrogen-bond acceptors (Lipinski definition) is 4. The molecular formula is C9H13NO4S. The molecule has 0 aliphatic carbocycles. The molecule has 0 aromatic heterocycles. The summed E-state index contributed by atoms with van der Waals surface area (Å²) >= 11 is 3.97. The van der Waals surface area contributed by atoms with Crippen molar-refractivity contribution in [2.24, 2.45) is 5.92 Å². The first-order valence-corrected chi connectivity index (χ1v) is 5.26. The Morgan fingerprint density at radius 1 is 1.67 bits per heavy atom. The van der Waals surface area contributed by atoms with Gasteiger partial charge in [0, 0.05) is 18.1 Å². The first kappa shape index (κ1) is 12.0. The van der Waals surface area contributed by atoms with E-state index in [9.17, 15) is 14.4 Å². The molecule has 2 atom stereocenters. The second kappa shape index (κ2) is 4.65. The maximum Gasteiger partial charge on any atom is 0.326 e. The average Bonchev–Trinajstić information content (AvgIpc) is 2.58. The number of thiol groups is 1. The molecule has 0 spiro atoms. The van der Waals surface area contributed by atoms with Crippen molar-refractivity contribution in [3.05, 3.63) is 0 Å². The van der Waals surface area contributed by atoms with E-state index in [2.05, 4.69) is 12.6 Å². The molecule has 1 N–H and O–H groups in total. The van der Waals surface area contributed by atoms with Crippen LogP contribution < -0.4 is 0 Å². The largest absolute Gasteiger partial charge is 0.480 e. The third-order valence-electron chi connectivity index (χ3n) is 2.41. The highest BCUT2D eigenvalue weighted by Crippen LogP contribution is 2.18. The van der Waals surface area contributed by atoms with Crippen LogP contribution in [-0.4, -0.2) is 46.0 Å². The summed E-state index contributed by atoms with van der Waals surface area (Å²) in [4.78, 5) is 34.7. The van der Waals surface area contributed by atoms with Crippen LogP contribution in [-0.2, 0) is 14.4 Å². The first-order chi connectivity index (χ1) is 6.97. The molecule has 1 fully saturated rings. The number of nitrogens with zero attached hydrogens (tertiary/aromatic N) is 1. The molecule has 84 valence electrons. The SMILES string of the molecule is CC(CS)C(=O)N1CC(=O)C[C@H]1C(=O)O. The second-order valence-corrected chi connectivity index (χ2v) is 4.01. The van der Waals surface area contributed by atoms with Crippen molar-refractivity contribution in [2.75, 3.05) is 12.3 Å². The lowest BCUT2D eigenvalue weighted by Gasteiger charge is -2.23. The van der Waals surface area contributed by atoms with Crippen molar-refractivity contribution in [1.29, 1.82) is 0 Å². The van der Waals surface area contributed by atoms with Crippen molar-refractivity contribution in [3.63, 3.8) is 0 Å². The fourth-order valence-electron chi connectivity index (χ4n) is 1.50. The third kappa shape index (κ3) is 2.50. The van der Waals surface area contributed by atoms with E-state index in [0.29, 0.717) is 5.75 Å². The van der Waals surface area contributed by atoms with Gasteiger partial charge in [-0.05, 0) is 0 Å². The molecule has 1 amide bonds. The van der Waals surface area contributed by atoms with Crippen LogP contribution in [0.5, 0.6) is 0 Å². The van der Waals surface area contributed by atoms with Crippen LogP contribution in [0.25, 0.3) is 0 Å². The first-order valence-electron chi connectivity index (χ1n) is 4.63. The van der Waals surface area contributed by atoms with Crippen molar-refractivity contribution < 1.29 is 19.5 Å². The smallest absolute Gasteiger partial charge is 0.326 e. The molecule has 0 bridgehead atoms. The van der Waals surface area contributed by atoms with Crippen LogP contribution >= 0.6 is 12.6 Å². The number of carboxylic acid groups (broad SMARTS) is 1. The number of aliphatic carboxylic acids is 1. The Hall–Kier alpha value is -1.04. The van der Waals surface area contributed by atoms with E-state index in [1.54, 1.807) is 6.92 Å². The van der Waals surface area contributed by atoms with E-state index in [-0.39, 0.29) is 30.6 Å². The second-order valence-electron chi connectivity index (χ2n) is 3.65. The van der Waals surface area contributed by atoms with Crippen LogP contribution in [0.1, 0.15) is 13.3 Å². The van der Waals surface area contributed by atoms with Gasteiger partial charge >= 0.3 is 5.97 Å². The molecule has 0 aromatic carbocycles. The van der Waals surface area contributed by atoms with Gasteiger partial charge in [-0.2, -0.15) is 12.6 Å². The van der Waals surface area contributed by atoms with Crippen molar-refractivity contribution in [1.82, 2.24) is 4.90 Å². The lowest BCUT2D eigenvalue weighted by atomic mass is 10.1. The Labute approximate surface area is 92.8 Å². The molecule has 1 unspecified atom stereocenters. The number of carbonyl (C=O) groups is 3. The summed E-state index contributed by atoms with van der Waals surface area (Å²) in [6.45, 7) is 1.57. The molecule has 1 heterocycles. The van der Waals surface area contributed by atoms with E-state index in [4.69, 9.17) is 5.11 Å². The summed E-state index contributed by atoms with van der Waals surface area (Å²) in [5.41, 5.74) is 0. The van der Waals surface area contributed by atoms with Gasteiger partial charge < -0.3 is 10.0 Å². The third-order valence-corrected chi connectivity index (χ3v) is 2.96. The molecule has 0 aromatic rings. The van der Waals surface area contributed by atoms with E-state index < -0.39 is 12.0 Å². The molecule has 1 aliphatic rings. The predicted octanol–water partition coefficient (Wildman–Crippen LogP) is -0.193. The zero-order chi connectivity index (χ0) is 11.6. The molecule has 6 heteroatoms. The fourth-order valence-corrected chi connectivity index (χ4v) is 1.66. The molecular weight excluding hydrogens is 218 g/mol. The predicted molar refractivity (Wildman–Crippen MR) is 55.8 cm³/mol. The number of rotatable bonds is 3. The Kier molecular flexibility index (Phi) is 3.73. The maximum absolute atomic E-state index is 11.7. The van der Waals surface area contributed by atoms with E-state index in [1.165, 1.54) is 0 Å². The highest BCUT2D eigenvalue weighted by molar-refractivity contribution is 7.80. The Morgan fingerprint density at radius 3 is 2.73 bits per heavy atom. The molecule has 1 aliphatic heterocycles. The minimum Gasteiger partial charge on any atom is -0.480 e. The number of likely N-dealkylation sites (tertiary alicyclic amines) is 1. The Morgan fingerprint density at radius 2 is 2.27 bits per heavy atom. The van der Waals surface area contributed by atoms with Gasteiger partial charge in [-0.15, -0.1) is 0 Å². The minimum atomic E-state index is -1.12. The highest BCUT2D eigenvalue weighted by Gasteiger charge is 2.39. The topological polar surface area (TPSA) is 74.7 Å². The normalized spacial score (nSPS) is 22.9. The van der Waals surface area contributed by atoms with Gasteiger partial charge in [-0.25, -0.2) is 4.79 Å². The van der Waals surface area contributed by atoms with Gasteiger partial charge in [0.2, 0.25) is 5.91 Å². The number of carbonyl (C=O) groups excluding carboxylic acids is 2. The van der Waals surface area contributed by atoms with Crippen molar-refractivity contribution in [2.45, 2.75) is 19.4 Å². The standard InChI is InChI=1S/C9H13NO4S/c1-5(4-15)8(12)10-3-6(11)2-7(10)9(13)14/h5,7,15H,2-4H2,1H3,(H,13,14)/t5?,7-/m0/s1. The summed E-state index contributed by atoms with van der Waals surface area (Å²) in [6, 6.07) is -0.993. The molecule has 0 saturated carbocycles. The van der Waals surface area contributed by atoms with Gasteiger partial charge in [0.05, 0.1) is 6.54 Å². The molecule has 0 radical (unpaired) electrons. The van der Waals surface area contributed by atoms with Gasteiger partial charge in [0.1, 0.15) is 6.04 Å². The zero-order valence-corrected chi connectivity index (χ0v) is 9.24. The highest BCUT2D eigenvalue weighted by atomic mass is 32.1. The fraction of sp³-hybridized carbons (Fsp3) is 0.667. The molecule has 1 saturated heterocycles. The molecule has 15 heavy (non-hydrogen) atoms. The average molecular weight is 231 g/mol. The van der Waals surface area contributed by atoms with Gasteiger partial charge in [-0.1, -0.05) is 6.92 Å². The summed E-state index contributed by atoms with van der Waals surface area (Å²) in [5.74, 6) is -1.66. The van der Waals surface area contributed by atoms with Crippen LogP contribution in [0.4, 0.5) is 0 Å². The van der Waals surface area contributed by atoms with E-state index in [0.717, 1.165) is 4.90 Å². The van der Waals surface area contributed by atoms with E-state index >= 15 is 0 Å². The van der Waals surface area contributed by atoms with Gasteiger partial charge in [0.25, 0.3) is 0 Å². The number of Topliss-reactive ketones (excluding diaryl/α,β-unsaturated/α-hetero) is 1. The monoisotopic (exact) mass is 231 g/mol. The van der Waals surface area contributed by atoms with Gasteiger partial charge in [0.15, 0.2) is 5.78 Å². The van der Waals surface area contributed by atoms with Crippen molar-refractivity contribution >= 4 is 30.3 Å². The number of ketones is 1. The van der Waals surface area contributed by atoms with Crippen LogP contribution in [0.15, 0.2) is 0 Å². The number of amides is 1. The lowest BCUT2D eigenvalue weighted by molar-refractivity contribution is -0.149. The van der Waals surface area contributed by atoms with Crippen molar-refractivity contribution in [3.8, 4) is 0 Å². The van der Waals surface area contributed by atoms with E-state index in [1.807, 2.05) is 0 Å². The Bertz CT molecular complexity index is 304. The number of hydrogen-bond donors (Lipinski definition) is 2. The number of carboxylic acids is 1. The van der Waals surface area contributed by atoms with Gasteiger partial charge in [-0.3, -0.25) is 9.59 Å². The zero-order valence-electron chi connectivity index (χ0n) is 8.34. The Balaban J connectivity index is 2.79. The molecule has 5 nitrogen and oxygen atoms in total. The summed E-state index contributed by atoms with van der Waals surface area (Å²) < 4.78 is 0. The van der Waals surface area contributed by atoms with Crippen LogP contribution in [0.2, 0.25) is 0 Å². The quantitative estimate of drug-likeness (QED) is 0.660. The summed E-state index contributed by atoms with van der Waals surface area (Å²) in [5, 5.41) is 8.84. The van der Waals surface area contributed by atoms with Crippen LogP contribution in [0, 0.1) is 5.92 Å². The summed E-state index contributed by atoms with van der Waals surface area (Å²) in [6.07, 6.45) is -0.0830. The maximum atomic E-state index is 11.7. The van der Waals surface area contributed by atoms with Crippen LogP contribution in [0.3, 0.4) is 0 Å². The summed E-state index contributed by atoms with van der Waals surface area (Å²) in [7, 11) is 0. The molecule has 1 rings (SSSR count). The lowest BCUT2D eigenvalue weighted by Crippen LogP contribution is -2.43. The minimum absolute atomic E-state index is 0.0830.